The maximum atomic E-state index is 13.3. The molecular weight excluding hydrogens is 368 g/mol. The van der Waals surface area contributed by atoms with Gasteiger partial charge in [0.25, 0.3) is 0 Å². The molecule has 1 rings (SSSR count). The summed E-state index contributed by atoms with van der Waals surface area (Å²) in [6.07, 6.45) is 0. The molecule has 0 amide bonds. The van der Waals surface area contributed by atoms with Gasteiger partial charge in [-0.2, -0.15) is 4.31 Å². The highest BCUT2D eigenvalue weighted by atomic mass is 32.2. The van der Waals surface area contributed by atoms with E-state index in [1.54, 1.807) is 53.9 Å². The monoisotopic (exact) mass is 400 g/mol. The number of hydrogen-bond acceptors (Lipinski definition) is 6. The summed E-state index contributed by atoms with van der Waals surface area (Å²) in [5.74, 6) is 0.0474. The van der Waals surface area contributed by atoms with Crippen molar-refractivity contribution >= 4 is 16.0 Å². The van der Waals surface area contributed by atoms with Crippen molar-refractivity contribution < 1.29 is 22.7 Å². The summed E-state index contributed by atoms with van der Waals surface area (Å²) >= 11 is 0. The Balaban J connectivity index is 3.26. The lowest BCUT2D eigenvalue weighted by Gasteiger charge is -2.26. The number of sulfonamides is 1. The quantitative estimate of drug-likeness (QED) is 0.623. The molecule has 0 aliphatic heterocycles. The molecule has 0 N–H and O–H groups in total. The fourth-order valence-electron chi connectivity index (χ4n) is 2.51. The van der Waals surface area contributed by atoms with Crippen LogP contribution in [-0.2, 0) is 19.6 Å². The standard InChI is InChI=1S/C19H32N2O5S/c1-14-12-17(15(2)11-16(14)25-8)27(23,24)21(10-9-20(6)7)13-18(22)26-19(3,4)5/h11-12H,9-10,13H2,1-8H3. The number of hydrogen-bond donors (Lipinski definition) is 0. The van der Waals surface area contributed by atoms with Crippen LogP contribution in [0.4, 0.5) is 0 Å². The third-order valence-corrected chi connectivity index (χ3v) is 5.82. The first-order valence-corrected chi connectivity index (χ1v) is 10.2. The van der Waals surface area contributed by atoms with Gasteiger partial charge in [-0.1, -0.05) is 0 Å². The zero-order valence-corrected chi connectivity index (χ0v) is 18.4. The molecule has 0 unspecified atom stereocenters. The molecule has 154 valence electrons. The van der Waals surface area contributed by atoms with Crippen molar-refractivity contribution in [3.8, 4) is 5.75 Å². The van der Waals surface area contributed by atoms with Gasteiger partial charge in [-0.3, -0.25) is 4.79 Å². The molecule has 0 radical (unpaired) electrons. The number of aryl methyl sites for hydroxylation is 2. The fraction of sp³-hybridized carbons (Fsp3) is 0.632. The Morgan fingerprint density at radius 3 is 2.15 bits per heavy atom. The van der Waals surface area contributed by atoms with Gasteiger partial charge in [-0.15, -0.1) is 0 Å². The number of methoxy groups -OCH3 is 1. The largest absolute Gasteiger partial charge is 0.496 e. The third kappa shape index (κ3) is 6.79. The van der Waals surface area contributed by atoms with Gasteiger partial charge in [-0.05, 0) is 72.0 Å². The average molecular weight is 401 g/mol. The summed E-state index contributed by atoms with van der Waals surface area (Å²) in [5, 5.41) is 0. The molecule has 0 heterocycles. The molecule has 8 heteroatoms. The van der Waals surface area contributed by atoms with Crippen LogP contribution >= 0.6 is 0 Å². The van der Waals surface area contributed by atoms with Crippen molar-refractivity contribution in [2.75, 3.05) is 40.8 Å². The van der Waals surface area contributed by atoms with Crippen molar-refractivity contribution in [1.29, 1.82) is 0 Å². The molecule has 0 bridgehead atoms. The molecule has 0 atom stereocenters. The molecule has 0 aromatic heterocycles. The molecule has 27 heavy (non-hydrogen) atoms. The van der Waals surface area contributed by atoms with Gasteiger partial charge in [0, 0.05) is 13.1 Å². The molecule has 0 aliphatic carbocycles. The van der Waals surface area contributed by atoms with Crippen molar-refractivity contribution in [1.82, 2.24) is 9.21 Å². The highest BCUT2D eigenvalue weighted by Gasteiger charge is 2.30. The summed E-state index contributed by atoms with van der Waals surface area (Å²) in [6.45, 7) is 9.08. The Labute approximate surface area is 163 Å². The normalized spacial score (nSPS) is 12.5. The topological polar surface area (TPSA) is 76.2 Å². The minimum absolute atomic E-state index is 0.170. The third-order valence-electron chi connectivity index (χ3n) is 3.83. The second-order valence-electron chi connectivity index (χ2n) is 7.82. The second kappa shape index (κ2) is 9.03. The van der Waals surface area contributed by atoms with Crippen molar-refractivity contribution in [2.24, 2.45) is 0 Å². The minimum atomic E-state index is -3.88. The van der Waals surface area contributed by atoms with Gasteiger partial charge in [0.05, 0.1) is 12.0 Å². The Hall–Kier alpha value is -1.64. The van der Waals surface area contributed by atoms with Crippen LogP contribution in [0.3, 0.4) is 0 Å². The Morgan fingerprint density at radius 2 is 1.67 bits per heavy atom. The van der Waals surface area contributed by atoms with Gasteiger partial charge in [0.2, 0.25) is 10.0 Å². The van der Waals surface area contributed by atoms with E-state index in [9.17, 15) is 13.2 Å². The van der Waals surface area contributed by atoms with E-state index in [0.717, 1.165) is 0 Å². The van der Waals surface area contributed by atoms with E-state index in [2.05, 4.69) is 0 Å². The number of rotatable bonds is 8. The number of likely N-dealkylation sites (N-methyl/N-ethyl adjacent to an activating group) is 1. The Bertz CT molecular complexity index is 767. The molecule has 0 saturated carbocycles. The summed E-state index contributed by atoms with van der Waals surface area (Å²) in [7, 11) is 1.36. The number of nitrogens with zero attached hydrogens (tertiary/aromatic N) is 2. The van der Waals surface area contributed by atoms with E-state index < -0.39 is 21.6 Å². The smallest absolute Gasteiger partial charge is 0.321 e. The van der Waals surface area contributed by atoms with Crippen LogP contribution in [0.25, 0.3) is 0 Å². The number of benzene rings is 1. The van der Waals surface area contributed by atoms with E-state index >= 15 is 0 Å². The van der Waals surface area contributed by atoms with Gasteiger partial charge in [-0.25, -0.2) is 8.42 Å². The fourth-order valence-corrected chi connectivity index (χ4v) is 4.18. The first-order chi connectivity index (χ1) is 12.3. The molecule has 1 aromatic rings. The first-order valence-electron chi connectivity index (χ1n) is 8.80. The SMILES string of the molecule is COc1cc(C)c(S(=O)(=O)N(CCN(C)C)CC(=O)OC(C)(C)C)cc1C. The summed E-state index contributed by atoms with van der Waals surface area (Å²) in [6, 6.07) is 3.28. The maximum absolute atomic E-state index is 13.3. The number of carbonyl (C=O) groups excluding carboxylic acids is 1. The van der Waals surface area contributed by atoms with E-state index in [0.29, 0.717) is 23.4 Å². The van der Waals surface area contributed by atoms with E-state index in [-0.39, 0.29) is 18.0 Å². The molecule has 0 saturated heterocycles. The lowest BCUT2D eigenvalue weighted by atomic mass is 10.1. The van der Waals surface area contributed by atoms with E-state index in [4.69, 9.17) is 9.47 Å². The highest BCUT2D eigenvalue weighted by molar-refractivity contribution is 7.89. The van der Waals surface area contributed by atoms with Crippen LogP contribution in [-0.4, -0.2) is 70.0 Å². The average Bonchev–Trinajstić information content (AvgIpc) is 2.50. The molecule has 0 fully saturated rings. The van der Waals surface area contributed by atoms with E-state index in [1.165, 1.54) is 4.31 Å². The molecule has 7 nitrogen and oxygen atoms in total. The van der Waals surface area contributed by atoms with Crippen molar-refractivity contribution in [3.05, 3.63) is 23.3 Å². The number of esters is 1. The van der Waals surface area contributed by atoms with Gasteiger partial charge in [0.15, 0.2) is 0 Å². The molecule has 0 spiro atoms. The zero-order chi connectivity index (χ0) is 21.0. The Morgan fingerprint density at radius 1 is 1.07 bits per heavy atom. The zero-order valence-electron chi connectivity index (χ0n) is 17.6. The van der Waals surface area contributed by atoms with Crippen LogP contribution in [0, 0.1) is 13.8 Å². The number of carbonyl (C=O) groups is 1. The first kappa shape index (κ1) is 23.4. The van der Waals surface area contributed by atoms with Crippen molar-refractivity contribution in [2.45, 2.75) is 45.1 Å². The lowest BCUT2D eigenvalue weighted by molar-refractivity contribution is -0.155. The Kier molecular flexibility index (Phi) is 7.83. The van der Waals surface area contributed by atoms with Gasteiger partial charge >= 0.3 is 5.97 Å². The van der Waals surface area contributed by atoms with E-state index in [1.807, 2.05) is 19.0 Å². The lowest BCUT2D eigenvalue weighted by Crippen LogP contribution is -2.42. The molecule has 0 aliphatic rings. The predicted octanol–water partition coefficient (Wildman–Crippen LogP) is 2.21. The minimum Gasteiger partial charge on any atom is -0.496 e. The predicted molar refractivity (Wildman–Crippen MR) is 106 cm³/mol. The van der Waals surface area contributed by atoms with Gasteiger partial charge < -0.3 is 14.4 Å². The summed E-state index contributed by atoms with van der Waals surface area (Å²) in [4.78, 5) is 14.3. The van der Waals surface area contributed by atoms with Crippen LogP contribution in [0.15, 0.2) is 17.0 Å². The van der Waals surface area contributed by atoms with Crippen LogP contribution in [0.1, 0.15) is 31.9 Å². The molecular formula is C19H32N2O5S. The highest BCUT2D eigenvalue weighted by Crippen LogP contribution is 2.28. The van der Waals surface area contributed by atoms with Crippen LogP contribution in [0.5, 0.6) is 5.75 Å². The van der Waals surface area contributed by atoms with Crippen molar-refractivity contribution in [3.63, 3.8) is 0 Å². The maximum Gasteiger partial charge on any atom is 0.321 e. The summed E-state index contributed by atoms with van der Waals surface area (Å²) < 4.78 is 38.3. The van der Waals surface area contributed by atoms with Crippen LogP contribution in [0.2, 0.25) is 0 Å². The van der Waals surface area contributed by atoms with Crippen LogP contribution < -0.4 is 4.74 Å². The second-order valence-corrected chi connectivity index (χ2v) is 9.72. The molecule has 1 aromatic carbocycles. The van der Waals surface area contributed by atoms with Gasteiger partial charge in [0.1, 0.15) is 17.9 Å². The summed E-state index contributed by atoms with van der Waals surface area (Å²) in [5.41, 5.74) is 0.601. The number of ether oxygens (including phenoxy) is 2.